The Balaban J connectivity index is 1.79. The van der Waals surface area contributed by atoms with Gasteiger partial charge in [-0.25, -0.2) is 0 Å². The molecule has 0 amide bonds. The normalized spacial score (nSPS) is 15.1. The van der Waals surface area contributed by atoms with Crippen LogP contribution in [0, 0.1) is 0 Å². The average Bonchev–Trinajstić information content (AvgIpc) is 2.73. The third-order valence-electron chi connectivity index (χ3n) is 3.92. The second-order valence-corrected chi connectivity index (χ2v) is 9.68. The number of rotatable bonds is 14. The monoisotopic (exact) mass is 474 g/mol. The van der Waals surface area contributed by atoms with E-state index in [4.69, 9.17) is 23.3 Å². The third kappa shape index (κ3) is 7.74. The molecule has 0 saturated heterocycles. The van der Waals surface area contributed by atoms with Crippen molar-refractivity contribution < 1.29 is 42.2 Å². The minimum Gasteiger partial charge on any atom is -0.490 e. The van der Waals surface area contributed by atoms with E-state index in [-0.39, 0.29) is 61.7 Å². The molecule has 0 spiro atoms. The highest BCUT2D eigenvalue weighted by Crippen LogP contribution is 2.44. The van der Waals surface area contributed by atoms with Crippen LogP contribution in [0.25, 0.3) is 0 Å². The summed E-state index contributed by atoms with van der Waals surface area (Å²) in [4.78, 5) is 20.0. The van der Waals surface area contributed by atoms with Crippen molar-refractivity contribution in [3.8, 4) is 11.5 Å². The summed E-state index contributed by atoms with van der Waals surface area (Å²) in [7, 11) is -7.89. The Morgan fingerprint density at radius 2 is 1.06 bits per heavy atom. The average molecular weight is 474 g/mol. The van der Waals surface area contributed by atoms with Crippen LogP contribution in [0.3, 0.4) is 0 Å². The lowest BCUT2D eigenvalue weighted by molar-refractivity contribution is 0.0768. The largest absolute Gasteiger partial charge is 0.490 e. The van der Waals surface area contributed by atoms with Gasteiger partial charge in [-0.3, -0.25) is 9.13 Å². The minimum atomic E-state index is -3.95. The Morgan fingerprint density at radius 3 is 1.45 bits per heavy atom. The summed E-state index contributed by atoms with van der Waals surface area (Å²) < 4.78 is 50.9. The van der Waals surface area contributed by atoms with Crippen molar-refractivity contribution in [3.05, 3.63) is 48.5 Å². The molecule has 0 fully saturated rings. The zero-order valence-electron chi connectivity index (χ0n) is 17.5. The lowest BCUT2D eigenvalue weighted by atomic mass is 10.3. The predicted molar refractivity (Wildman–Crippen MR) is 117 cm³/mol. The van der Waals surface area contributed by atoms with E-state index in [0.29, 0.717) is 0 Å². The summed E-state index contributed by atoms with van der Waals surface area (Å²) in [6.45, 7) is 4.19. The first-order valence-corrected chi connectivity index (χ1v) is 12.9. The van der Waals surface area contributed by atoms with Crippen molar-refractivity contribution in [2.75, 3.05) is 39.6 Å². The van der Waals surface area contributed by atoms with Crippen LogP contribution in [0.5, 0.6) is 11.5 Å². The van der Waals surface area contributed by atoms with Crippen LogP contribution >= 0.6 is 15.2 Å². The molecular formula is C20H28O9P2. The molecule has 0 aliphatic rings. The Kier molecular flexibility index (Phi) is 10.2. The van der Waals surface area contributed by atoms with Gasteiger partial charge in [0.2, 0.25) is 0 Å². The van der Waals surface area contributed by atoms with E-state index in [1.807, 2.05) is 0 Å². The van der Waals surface area contributed by atoms with Gasteiger partial charge in [0.15, 0.2) is 0 Å². The Hall–Kier alpha value is -1.70. The van der Waals surface area contributed by atoms with Crippen LogP contribution in [0.4, 0.5) is 0 Å². The summed E-state index contributed by atoms with van der Waals surface area (Å²) in [5.74, 6) is 0.510. The zero-order valence-corrected chi connectivity index (χ0v) is 19.3. The number of ether oxygens (including phenoxy) is 3. The molecule has 2 aromatic rings. The first-order valence-electron chi connectivity index (χ1n) is 9.79. The highest BCUT2D eigenvalue weighted by molar-refractivity contribution is 7.61. The highest BCUT2D eigenvalue weighted by atomic mass is 31.2. The molecule has 2 atom stereocenters. The third-order valence-corrected chi connectivity index (χ3v) is 7.09. The van der Waals surface area contributed by atoms with Gasteiger partial charge in [-0.15, -0.1) is 0 Å². The summed E-state index contributed by atoms with van der Waals surface area (Å²) in [6.07, 6.45) is 0. The molecule has 31 heavy (non-hydrogen) atoms. The molecule has 0 bridgehead atoms. The molecule has 11 heteroatoms. The van der Waals surface area contributed by atoms with Gasteiger partial charge in [-0.05, 0) is 38.1 Å². The van der Waals surface area contributed by atoms with Gasteiger partial charge >= 0.3 is 15.2 Å². The molecule has 0 aromatic heterocycles. The van der Waals surface area contributed by atoms with Crippen LogP contribution in [0.15, 0.2) is 48.5 Å². The Labute approximate surface area is 181 Å². The number of para-hydroxylation sites is 2. The topological polar surface area (TPSA) is 121 Å². The molecule has 0 saturated carbocycles. The quantitative estimate of drug-likeness (QED) is 0.315. The van der Waals surface area contributed by atoms with Crippen molar-refractivity contribution in [2.45, 2.75) is 13.8 Å². The number of hydrogen-bond donors (Lipinski definition) is 2. The SMILES string of the molecule is CCOP(=O)(O)c1ccccc1OCCOCCOc1ccccc1P(=O)(O)OCC. The van der Waals surface area contributed by atoms with Gasteiger partial charge in [-0.1, -0.05) is 24.3 Å². The van der Waals surface area contributed by atoms with Gasteiger partial charge < -0.3 is 33.0 Å². The number of hydrogen-bond acceptors (Lipinski definition) is 7. The van der Waals surface area contributed by atoms with E-state index in [1.165, 1.54) is 12.1 Å². The van der Waals surface area contributed by atoms with Crippen LogP contribution in [-0.2, 0) is 22.9 Å². The van der Waals surface area contributed by atoms with E-state index >= 15 is 0 Å². The molecule has 2 unspecified atom stereocenters. The molecule has 2 N–H and O–H groups in total. The van der Waals surface area contributed by atoms with Crippen LogP contribution < -0.4 is 20.1 Å². The zero-order chi connectivity index (χ0) is 22.7. The molecule has 0 aliphatic carbocycles. The van der Waals surface area contributed by atoms with Crippen molar-refractivity contribution in [3.63, 3.8) is 0 Å². The first kappa shape index (κ1) is 25.6. The fourth-order valence-corrected chi connectivity index (χ4v) is 5.00. The van der Waals surface area contributed by atoms with Gasteiger partial charge in [0.05, 0.1) is 26.4 Å². The van der Waals surface area contributed by atoms with Gasteiger partial charge in [-0.2, -0.15) is 0 Å². The van der Waals surface area contributed by atoms with Crippen molar-refractivity contribution in [1.82, 2.24) is 0 Å². The molecule has 0 heterocycles. The summed E-state index contributed by atoms with van der Waals surface area (Å²) in [5, 5.41) is 0.194. The van der Waals surface area contributed by atoms with Crippen molar-refractivity contribution >= 4 is 25.8 Å². The maximum absolute atomic E-state index is 12.2. The second-order valence-electron chi connectivity index (χ2n) is 6.12. The maximum atomic E-state index is 12.2. The molecule has 0 radical (unpaired) electrons. The van der Waals surface area contributed by atoms with Crippen molar-refractivity contribution in [1.29, 1.82) is 0 Å². The summed E-state index contributed by atoms with van der Waals surface area (Å²) in [5.41, 5.74) is 0. The van der Waals surface area contributed by atoms with Crippen LogP contribution in [0.1, 0.15) is 13.8 Å². The molecule has 0 aliphatic heterocycles. The van der Waals surface area contributed by atoms with E-state index in [9.17, 15) is 18.9 Å². The smallest absolute Gasteiger partial charge is 0.362 e. The van der Waals surface area contributed by atoms with Gasteiger partial charge in [0, 0.05) is 0 Å². The van der Waals surface area contributed by atoms with Crippen LogP contribution in [0.2, 0.25) is 0 Å². The van der Waals surface area contributed by atoms with Crippen LogP contribution in [-0.4, -0.2) is 49.4 Å². The lowest BCUT2D eigenvalue weighted by Crippen LogP contribution is -2.17. The Morgan fingerprint density at radius 1 is 0.677 bits per heavy atom. The maximum Gasteiger partial charge on any atom is 0.362 e. The second kappa shape index (κ2) is 12.4. The van der Waals surface area contributed by atoms with E-state index < -0.39 is 15.2 Å². The highest BCUT2D eigenvalue weighted by Gasteiger charge is 2.27. The molecule has 2 rings (SSSR count). The molecule has 2 aromatic carbocycles. The van der Waals surface area contributed by atoms with E-state index in [2.05, 4.69) is 0 Å². The standard InChI is InChI=1S/C20H28O9P2/c1-3-28-30(21,22)19-11-7-5-9-17(19)26-15-13-25-14-16-27-18-10-6-8-12-20(18)31(23,24)29-4-2/h5-12H,3-4,13-16H2,1-2H3,(H,21,22)(H,23,24). The molecule has 172 valence electrons. The number of benzene rings is 2. The fourth-order valence-electron chi connectivity index (χ4n) is 2.64. The molecular weight excluding hydrogens is 446 g/mol. The first-order chi connectivity index (χ1) is 14.8. The van der Waals surface area contributed by atoms with Gasteiger partial charge in [0.25, 0.3) is 0 Å². The lowest BCUT2D eigenvalue weighted by Gasteiger charge is -2.16. The van der Waals surface area contributed by atoms with E-state index in [0.717, 1.165) is 0 Å². The van der Waals surface area contributed by atoms with Crippen molar-refractivity contribution in [2.24, 2.45) is 0 Å². The summed E-state index contributed by atoms with van der Waals surface area (Å²) in [6, 6.07) is 12.8. The Bertz CT molecular complexity index is 846. The molecule has 9 nitrogen and oxygen atoms in total. The van der Waals surface area contributed by atoms with Gasteiger partial charge in [0.1, 0.15) is 35.3 Å². The van der Waals surface area contributed by atoms with E-state index in [1.54, 1.807) is 50.2 Å². The minimum absolute atomic E-state index is 0.0968. The predicted octanol–water partition coefficient (Wildman–Crippen LogP) is 2.86. The summed E-state index contributed by atoms with van der Waals surface area (Å²) >= 11 is 0. The fraction of sp³-hybridized carbons (Fsp3) is 0.400.